The molecule has 3 nitrogen and oxygen atoms in total. The van der Waals surface area contributed by atoms with E-state index in [2.05, 4.69) is 41.6 Å². The molecule has 0 spiro atoms. The molecule has 84 valence electrons. The molecule has 3 rings (SSSR count). The average Bonchev–Trinajstić information content (AvgIpc) is 3.01. The molecule has 0 amide bonds. The summed E-state index contributed by atoms with van der Waals surface area (Å²) in [5, 5.41) is 0. The van der Waals surface area contributed by atoms with Gasteiger partial charge in [0.25, 0.3) is 0 Å². The summed E-state index contributed by atoms with van der Waals surface area (Å²) < 4.78 is 2.19. The molecule has 0 aliphatic heterocycles. The van der Waals surface area contributed by atoms with Gasteiger partial charge < -0.3 is 10.3 Å². The maximum atomic E-state index is 6.02. The Labute approximate surface area is 95.3 Å². The quantitative estimate of drug-likeness (QED) is 0.837. The van der Waals surface area contributed by atoms with Crippen LogP contribution in [0.1, 0.15) is 31.4 Å². The summed E-state index contributed by atoms with van der Waals surface area (Å²) in [6, 6.07) is 6.79. The molecule has 0 bridgehead atoms. The number of nitrogens with zero attached hydrogens (tertiary/aromatic N) is 2. The summed E-state index contributed by atoms with van der Waals surface area (Å²) in [6.45, 7) is 4.35. The summed E-state index contributed by atoms with van der Waals surface area (Å²) in [5.74, 6) is 1.44. The van der Waals surface area contributed by atoms with Crippen molar-refractivity contribution in [1.29, 1.82) is 0 Å². The normalized spacial score (nSPS) is 17.9. The van der Waals surface area contributed by atoms with Crippen LogP contribution in [0.15, 0.2) is 18.2 Å². The molecule has 1 heterocycles. The van der Waals surface area contributed by atoms with E-state index in [4.69, 9.17) is 5.73 Å². The minimum Gasteiger partial charge on any atom is -0.369 e. The van der Waals surface area contributed by atoms with Crippen LogP contribution in [0.25, 0.3) is 11.0 Å². The lowest BCUT2D eigenvalue weighted by Gasteiger charge is -2.15. The van der Waals surface area contributed by atoms with Crippen LogP contribution >= 0.6 is 0 Å². The number of rotatable bonds is 2. The van der Waals surface area contributed by atoms with Crippen LogP contribution in [-0.4, -0.2) is 9.55 Å². The van der Waals surface area contributed by atoms with Crippen molar-refractivity contribution in [2.45, 2.75) is 32.7 Å². The van der Waals surface area contributed by atoms with Crippen molar-refractivity contribution in [2.24, 2.45) is 5.92 Å². The maximum absolute atomic E-state index is 6.02. The van der Waals surface area contributed by atoms with Gasteiger partial charge in [0.05, 0.1) is 11.0 Å². The third-order valence-electron chi connectivity index (χ3n) is 3.58. The van der Waals surface area contributed by atoms with E-state index < -0.39 is 0 Å². The van der Waals surface area contributed by atoms with Gasteiger partial charge in [0.2, 0.25) is 5.95 Å². The fourth-order valence-corrected chi connectivity index (χ4v) is 2.44. The number of anilines is 1. The first-order valence-electron chi connectivity index (χ1n) is 5.91. The lowest BCUT2D eigenvalue weighted by molar-refractivity contribution is 0.504. The minimum absolute atomic E-state index is 0.479. The summed E-state index contributed by atoms with van der Waals surface area (Å²) in [6.07, 6.45) is 2.65. The van der Waals surface area contributed by atoms with E-state index in [-0.39, 0.29) is 0 Å². The molecular weight excluding hydrogens is 198 g/mol. The van der Waals surface area contributed by atoms with Gasteiger partial charge in [-0.1, -0.05) is 6.07 Å². The molecule has 1 fully saturated rings. The van der Waals surface area contributed by atoms with Crippen LogP contribution in [0, 0.1) is 12.8 Å². The number of fused-ring (bicyclic) bond motifs is 1. The van der Waals surface area contributed by atoms with Crippen molar-refractivity contribution >= 4 is 17.0 Å². The summed E-state index contributed by atoms with van der Waals surface area (Å²) in [7, 11) is 0. The van der Waals surface area contributed by atoms with Crippen molar-refractivity contribution in [1.82, 2.24) is 9.55 Å². The van der Waals surface area contributed by atoms with E-state index in [0.717, 1.165) is 11.4 Å². The number of benzene rings is 1. The average molecular weight is 215 g/mol. The number of nitrogens with two attached hydrogens (primary N) is 1. The first-order chi connectivity index (χ1) is 7.66. The molecule has 3 heteroatoms. The number of imidazole rings is 1. The monoisotopic (exact) mass is 215 g/mol. The molecule has 2 N–H and O–H groups in total. The van der Waals surface area contributed by atoms with Crippen molar-refractivity contribution in [3.63, 3.8) is 0 Å². The summed E-state index contributed by atoms with van der Waals surface area (Å²) in [5.41, 5.74) is 9.47. The number of hydrogen-bond acceptors (Lipinski definition) is 2. The fraction of sp³-hybridized carbons (Fsp3) is 0.462. The molecule has 16 heavy (non-hydrogen) atoms. The number of aryl methyl sites for hydroxylation is 1. The minimum atomic E-state index is 0.479. The van der Waals surface area contributed by atoms with Gasteiger partial charge in [0, 0.05) is 6.04 Å². The highest BCUT2D eigenvalue weighted by Gasteiger charge is 2.31. The van der Waals surface area contributed by atoms with E-state index in [1.165, 1.54) is 23.9 Å². The number of nitrogen functional groups attached to an aromatic ring is 1. The van der Waals surface area contributed by atoms with Gasteiger partial charge >= 0.3 is 0 Å². The number of hydrogen-bond donors (Lipinski definition) is 1. The Bertz CT molecular complexity index is 537. The van der Waals surface area contributed by atoms with E-state index in [1.54, 1.807) is 0 Å². The van der Waals surface area contributed by atoms with Crippen LogP contribution in [0.3, 0.4) is 0 Å². The Morgan fingerprint density at radius 3 is 2.88 bits per heavy atom. The Morgan fingerprint density at radius 1 is 1.44 bits per heavy atom. The Hall–Kier alpha value is -1.51. The molecule has 1 aliphatic carbocycles. The first kappa shape index (κ1) is 9.70. The van der Waals surface area contributed by atoms with Gasteiger partial charge in [-0.05, 0) is 50.3 Å². The van der Waals surface area contributed by atoms with Crippen molar-refractivity contribution in [2.75, 3.05) is 5.73 Å². The van der Waals surface area contributed by atoms with Gasteiger partial charge in [-0.25, -0.2) is 4.98 Å². The lowest BCUT2D eigenvalue weighted by Crippen LogP contribution is -2.10. The topological polar surface area (TPSA) is 43.8 Å². The molecular formula is C13H17N3. The second kappa shape index (κ2) is 3.24. The van der Waals surface area contributed by atoms with Crippen molar-refractivity contribution in [3.05, 3.63) is 23.8 Å². The standard InChI is InChI=1S/C13H17N3/c1-8-3-6-11-12(7-8)16(13(14)15-11)9(2)10-4-5-10/h3,6-7,9-10H,4-5H2,1-2H3,(H2,14,15). The lowest BCUT2D eigenvalue weighted by atomic mass is 10.2. The molecule has 0 radical (unpaired) electrons. The van der Waals surface area contributed by atoms with Gasteiger partial charge in [0.15, 0.2) is 0 Å². The SMILES string of the molecule is Cc1ccc2nc(N)n(C(C)C3CC3)c2c1. The van der Waals surface area contributed by atoms with Crippen LogP contribution < -0.4 is 5.73 Å². The zero-order valence-corrected chi connectivity index (χ0v) is 9.77. The molecule has 1 aromatic heterocycles. The van der Waals surface area contributed by atoms with Crippen LogP contribution in [0.4, 0.5) is 5.95 Å². The second-order valence-corrected chi connectivity index (χ2v) is 4.91. The molecule has 1 unspecified atom stereocenters. The van der Waals surface area contributed by atoms with Crippen LogP contribution in [0.2, 0.25) is 0 Å². The zero-order chi connectivity index (χ0) is 11.3. The third kappa shape index (κ3) is 1.39. The van der Waals surface area contributed by atoms with Crippen LogP contribution in [-0.2, 0) is 0 Å². The molecule has 0 saturated heterocycles. The van der Waals surface area contributed by atoms with Crippen molar-refractivity contribution in [3.8, 4) is 0 Å². The fourth-order valence-electron chi connectivity index (χ4n) is 2.44. The van der Waals surface area contributed by atoms with Gasteiger partial charge in [-0.2, -0.15) is 0 Å². The van der Waals surface area contributed by atoms with Gasteiger partial charge in [-0.3, -0.25) is 0 Å². The Morgan fingerprint density at radius 2 is 2.19 bits per heavy atom. The first-order valence-corrected chi connectivity index (χ1v) is 5.91. The van der Waals surface area contributed by atoms with E-state index in [1.807, 2.05) is 0 Å². The van der Waals surface area contributed by atoms with E-state index in [0.29, 0.717) is 12.0 Å². The second-order valence-electron chi connectivity index (χ2n) is 4.91. The Balaban J connectivity index is 2.20. The Kier molecular flexibility index (Phi) is 1.96. The summed E-state index contributed by atoms with van der Waals surface area (Å²) >= 11 is 0. The maximum Gasteiger partial charge on any atom is 0.201 e. The predicted molar refractivity (Wildman–Crippen MR) is 66.3 cm³/mol. The van der Waals surface area contributed by atoms with E-state index in [9.17, 15) is 0 Å². The van der Waals surface area contributed by atoms with Gasteiger partial charge in [-0.15, -0.1) is 0 Å². The van der Waals surface area contributed by atoms with E-state index >= 15 is 0 Å². The largest absolute Gasteiger partial charge is 0.369 e. The van der Waals surface area contributed by atoms with Crippen LogP contribution in [0.5, 0.6) is 0 Å². The number of aromatic nitrogens is 2. The molecule has 1 aliphatic rings. The summed E-state index contributed by atoms with van der Waals surface area (Å²) in [4.78, 5) is 4.43. The highest BCUT2D eigenvalue weighted by atomic mass is 15.2. The highest BCUT2D eigenvalue weighted by molar-refractivity contribution is 5.79. The smallest absolute Gasteiger partial charge is 0.201 e. The van der Waals surface area contributed by atoms with Crippen molar-refractivity contribution < 1.29 is 0 Å². The molecule has 2 aromatic rings. The van der Waals surface area contributed by atoms with Gasteiger partial charge in [0.1, 0.15) is 0 Å². The predicted octanol–water partition coefficient (Wildman–Crippen LogP) is 2.90. The zero-order valence-electron chi connectivity index (χ0n) is 9.77. The molecule has 1 atom stereocenters. The molecule has 1 saturated carbocycles. The third-order valence-corrected chi connectivity index (χ3v) is 3.58. The molecule has 1 aromatic carbocycles. The highest BCUT2D eigenvalue weighted by Crippen LogP contribution is 2.41.